The van der Waals surface area contributed by atoms with Gasteiger partial charge in [-0.25, -0.2) is 15.0 Å². The van der Waals surface area contributed by atoms with Crippen molar-refractivity contribution in [2.24, 2.45) is 10.5 Å². The average molecular weight is 491 g/mol. The highest BCUT2D eigenvalue weighted by molar-refractivity contribution is 7.99. The molecule has 1 heterocycles. The van der Waals surface area contributed by atoms with Gasteiger partial charge in [0.05, 0.1) is 18.8 Å². The minimum atomic E-state index is -0.433. The number of halogens is 2. The molecule has 0 spiro atoms. The van der Waals surface area contributed by atoms with Crippen LogP contribution in [0, 0.1) is 12.3 Å². The summed E-state index contributed by atoms with van der Waals surface area (Å²) >= 11 is 7.48. The third-order valence-corrected chi connectivity index (χ3v) is 6.21. The molecule has 0 N–H and O–H groups in total. The Balaban J connectivity index is 0.00000104. The zero-order valence-electron chi connectivity index (χ0n) is 21.4. The minimum Gasteiger partial charge on any atom is -0.378 e. The summed E-state index contributed by atoms with van der Waals surface area (Å²) < 4.78 is 18.3. The molecule has 1 fully saturated rings. The smallest absolute Gasteiger partial charge is 0.191 e. The molecule has 1 aliphatic rings. The van der Waals surface area contributed by atoms with Crippen molar-refractivity contribution in [2.75, 3.05) is 24.0 Å². The van der Waals surface area contributed by atoms with E-state index < -0.39 is 6.67 Å². The topological polar surface area (TPSA) is 50.6 Å². The number of hydrazone groups is 1. The first-order valence-corrected chi connectivity index (χ1v) is 13.1. The van der Waals surface area contributed by atoms with Crippen molar-refractivity contribution in [3.63, 3.8) is 0 Å². The number of hydrogen-bond acceptors (Lipinski definition) is 6. The van der Waals surface area contributed by atoms with E-state index in [9.17, 15) is 4.39 Å². The maximum absolute atomic E-state index is 12.4. The number of thioether (sulfide) groups is 1. The van der Waals surface area contributed by atoms with Gasteiger partial charge >= 0.3 is 0 Å². The molecule has 1 saturated carbocycles. The van der Waals surface area contributed by atoms with Crippen LogP contribution in [0.5, 0.6) is 0 Å². The van der Waals surface area contributed by atoms with E-state index in [1.807, 2.05) is 25.8 Å². The Bertz CT molecular complexity index is 658. The molecule has 5 nitrogen and oxygen atoms in total. The van der Waals surface area contributed by atoms with Crippen molar-refractivity contribution in [2.45, 2.75) is 105 Å². The summed E-state index contributed by atoms with van der Waals surface area (Å²) in [4.78, 5) is 8.73. The van der Waals surface area contributed by atoms with E-state index in [2.05, 4.69) is 56.4 Å². The third kappa shape index (κ3) is 11.3. The minimum absolute atomic E-state index is 0.174. The summed E-state index contributed by atoms with van der Waals surface area (Å²) in [6.07, 6.45) is 5.37. The van der Waals surface area contributed by atoms with Crippen LogP contribution in [0.4, 0.5) is 10.2 Å². The molecule has 0 amide bonds. The fourth-order valence-corrected chi connectivity index (χ4v) is 3.59. The molecule has 2 unspecified atom stereocenters. The van der Waals surface area contributed by atoms with Gasteiger partial charge in [-0.2, -0.15) is 5.10 Å². The number of alkyl halides is 1. The quantitative estimate of drug-likeness (QED) is 0.116. The molecule has 1 aromatic heterocycles. The molecule has 32 heavy (non-hydrogen) atoms. The number of ether oxygens (including phenoxy) is 1. The van der Waals surface area contributed by atoms with Crippen molar-refractivity contribution < 1.29 is 9.13 Å². The lowest BCUT2D eigenvalue weighted by Crippen LogP contribution is -2.30. The lowest BCUT2D eigenvalue weighted by atomic mass is 9.94. The Morgan fingerprint density at radius 1 is 1.25 bits per heavy atom. The molecule has 0 aromatic carbocycles. The summed E-state index contributed by atoms with van der Waals surface area (Å²) in [6.45, 7) is 20.9. The van der Waals surface area contributed by atoms with Crippen molar-refractivity contribution >= 4 is 35.9 Å². The van der Waals surface area contributed by atoms with E-state index in [4.69, 9.17) is 16.3 Å². The third-order valence-electron chi connectivity index (χ3n) is 5.04. The Hall–Kier alpha value is -0.920. The van der Waals surface area contributed by atoms with Gasteiger partial charge < -0.3 is 4.74 Å². The van der Waals surface area contributed by atoms with Gasteiger partial charge in [-0.05, 0) is 38.0 Å². The zero-order valence-corrected chi connectivity index (χ0v) is 23.0. The van der Waals surface area contributed by atoms with E-state index in [0.717, 1.165) is 37.9 Å². The van der Waals surface area contributed by atoms with Crippen LogP contribution in [0.3, 0.4) is 0 Å². The first-order chi connectivity index (χ1) is 15.2. The van der Waals surface area contributed by atoms with E-state index in [-0.39, 0.29) is 12.1 Å². The van der Waals surface area contributed by atoms with Crippen molar-refractivity contribution in [1.82, 2.24) is 9.97 Å². The van der Waals surface area contributed by atoms with E-state index in [1.165, 1.54) is 18.2 Å². The molecule has 0 saturated heterocycles. The van der Waals surface area contributed by atoms with Gasteiger partial charge in [-0.15, -0.1) is 0 Å². The van der Waals surface area contributed by atoms with Crippen LogP contribution in [-0.2, 0) is 4.74 Å². The molecule has 8 heteroatoms. The van der Waals surface area contributed by atoms with E-state index in [0.29, 0.717) is 27.3 Å². The average Bonchev–Trinajstić information content (AvgIpc) is 3.24. The number of rotatable bonds is 9. The Labute approximate surface area is 205 Å². The Morgan fingerprint density at radius 3 is 2.38 bits per heavy atom. The molecule has 0 bridgehead atoms. The summed E-state index contributed by atoms with van der Waals surface area (Å²) in [6, 6.07) is 0.174. The number of anilines is 1. The largest absolute Gasteiger partial charge is 0.378 e. The van der Waals surface area contributed by atoms with Gasteiger partial charge in [0, 0.05) is 24.6 Å². The normalized spacial score (nSPS) is 17.7. The van der Waals surface area contributed by atoms with Gasteiger partial charge in [-0.1, -0.05) is 78.2 Å². The van der Waals surface area contributed by atoms with Crippen LogP contribution in [0.25, 0.3) is 0 Å². The molecule has 0 radical (unpaired) electrons. The second kappa shape index (κ2) is 16.7. The predicted octanol–water partition coefficient (Wildman–Crippen LogP) is 7.74. The van der Waals surface area contributed by atoms with Crippen LogP contribution in [0.1, 0.15) is 86.1 Å². The molecule has 0 aliphatic heterocycles. The lowest BCUT2D eigenvalue weighted by Gasteiger charge is -2.26. The SMILES string of the molecule is C=NN(c1nc(SCCF)nc(Cl)c1C)C1CCC(OCCC)C1.CC.CCC(C)(C)C. The van der Waals surface area contributed by atoms with E-state index >= 15 is 0 Å². The van der Waals surface area contributed by atoms with Crippen molar-refractivity contribution in [3.8, 4) is 0 Å². The second-order valence-corrected chi connectivity index (χ2v) is 10.1. The number of hydrogen-bond donors (Lipinski definition) is 0. The van der Waals surface area contributed by atoms with Crippen LogP contribution < -0.4 is 5.01 Å². The highest BCUT2D eigenvalue weighted by atomic mass is 35.5. The molecular formula is C24H44ClFN4OS. The van der Waals surface area contributed by atoms with Gasteiger partial charge in [-0.3, -0.25) is 4.39 Å². The van der Waals surface area contributed by atoms with Crippen molar-refractivity contribution in [3.05, 3.63) is 10.7 Å². The summed E-state index contributed by atoms with van der Waals surface area (Å²) in [5.74, 6) is 0.948. The first-order valence-electron chi connectivity index (χ1n) is 11.8. The van der Waals surface area contributed by atoms with Gasteiger partial charge in [0.1, 0.15) is 5.15 Å². The summed E-state index contributed by atoms with van der Waals surface area (Å²) in [5.41, 5.74) is 1.30. The molecule has 1 aliphatic carbocycles. The maximum Gasteiger partial charge on any atom is 0.191 e. The molecule has 2 rings (SSSR count). The molecular weight excluding hydrogens is 447 g/mol. The number of aromatic nitrogens is 2. The lowest BCUT2D eigenvalue weighted by molar-refractivity contribution is 0.0578. The first kappa shape index (κ1) is 31.1. The standard InChI is InChI=1S/C16H24ClFN4OS.C6H14.C2H6/c1-4-8-23-13-6-5-12(10-13)22(19-3)15-11(2)14(17)20-16(21-15)24-9-7-18;1-5-6(2,3)4;1-2/h12-13H,3-10H2,1-2H3;5H2,1-4H3;1-2H3. The second-order valence-electron chi connectivity index (χ2n) is 8.64. The Morgan fingerprint density at radius 2 is 1.88 bits per heavy atom. The van der Waals surface area contributed by atoms with Crippen LogP contribution >= 0.6 is 23.4 Å². The van der Waals surface area contributed by atoms with Gasteiger partial charge in [0.15, 0.2) is 11.0 Å². The highest BCUT2D eigenvalue weighted by Gasteiger charge is 2.32. The van der Waals surface area contributed by atoms with Gasteiger partial charge in [0.2, 0.25) is 0 Å². The zero-order chi connectivity index (χ0) is 24.7. The molecule has 1 aromatic rings. The number of nitrogens with zero attached hydrogens (tertiary/aromatic N) is 4. The summed E-state index contributed by atoms with van der Waals surface area (Å²) in [7, 11) is 0. The van der Waals surface area contributed by atoms with Gasteiger partial charge in [0.25, 0.3) is 0 Å². The highest BCUT2D eigenvalue weighted by Crippen LogP contribution is 2.34. The molecule has 186 valence electrons. The van der Waals surface area contributed by atoms with E-state index in [1.54, 1.807) is 0 Å². The van der Waals surface area contributed by atoms with Crippen LogP contribution in [-0.4, -0.2) is 47.9 Å². The fourth-order valence-electron chi connectivity index (χ4n) is 2.81. The predicted molar refractivity (Wildman–Crippen MR) is 139 cm³/mol. The fraction of sp³-hybridized carbons (Fsp3) is 0.792. The summed E-state index contributed by atoms with van der Waals surface area (Å²) in [5, 5.41) is 6.82. The molecule has 2 atom stereocenters. The van der Waals surface area contributed by atoms with Crippen LogP contribution in [0.2, 0.25) is 5.15 Å². The Kier molecular flexibility index (Phi) is 16.2. The van der Waals surface area contributed by atoms with Crippen LogP contribution in [0.15, 0.2) is 10.3 Å². The monoisotopic (exact) mass is 490 g/mol. The maximum atomic E-state index is 12.4. The van der Waals surface area contributed by atoms with Crippen molar-refractivity contribution in [1.29, 1.82) is 0 Å².